The highest BCUT2D eigenvalue weighted by Gasteiger charge is 2.14. The maximum absolute atomic E-state index is 12.0. The first-order valence-electron chi connectivity index (χ1n) is 8.51. The second-order valence-corrected chi connectivity index (χ2v) is 6.54. The predicted molar refractivity (Wildman–Crippen MR) is 103 cm³/mol. The molecule has 0 radical (unpaired) electrons. The molecule has 3 rings (SSSR count). The van der Waals surface area contributed by atoms with E-state index in [1.54, 1.807) is 37.3 Å². The summed E-state index contributed by atoms with van der Waals surface area (Å²) < 4.78 is 6.37. The molecule has 0 unspecified atom stereocenters. The van der Waals surface area contributed by atoms with Gasteiger partial charge in [0.1, 0.15) is 0 Å². The Morgan fingerprint density at radius 2 is 2.00 bits per heavy atom. The van der Waals surface area contributed by atoms with Crippen LogP contribution in [0, 0.1) is 0 Å². The molecular formula is C17H17N7O4S. The van der Waals surface area contributed by atoms with Crippen molar-refractivity contribution in [2.45, 2.75) is 18.5 Å². The summed E-state index contributed by atoms with van der Waals surface area (Å²) in [7, 11) is 0. The van der Waals surface area contributed by atoms with E-state index in [0.717, 1.165) is 11.8 Å². The Hall–Kier alpha value is -3.67. The third-order valence-electron chi connectivity index (χ3n) is 3.53. The van der Waals surface area contributed by atoms with Crippen LogP contribution in [0.4, 0.5) is 5.69 Å². The van der Waals surface area contributed by atoms with Crippen LogP contribution >= 0.6 is 11.8 Å². The number of benzene rings is 1. The van der Waals surface area contributed by atoms with E-state index in [0.29, 0.717) is 23.0 Å². The number of hydrogen-bond donors (Lipinski definition) is 3. The molecule has 29 heavy (non-hydrogen) atoms. The molecule has 0 aliphatic carbocycles. The summed E-state index contributed by atoms with van der Waals surface area (Å²) in [6.45, 7) is 1.76. The van der Waals surface area contributed by atoms with Crippen molar-refractivity contribution >= 4 is 35.2 Å². The molecule has 2 heterocycles. The molecule has 0 saturated heterocycles. The lowest BCUT2D eigenvalue weighted by molar-refractivity contribution is -0.119. The van der Waals surface area contributed by atoms with E-state index in [-0.39, 0.29) is 17.4 Å². The van der Waals surface area contributed by atoms with Crippen LogP contribution in [0.15, 0.2) is 52.2 Å². The van der Waals surface area contributed by atoms with Crippen molar-refractivity contribution < 1.29 is 18.8 Å². The van der Waals surface area contributed by atoms with Gasteiger partial charge in [0.15, 0.2) is 5.76 Å². The van der Waals surface area contributed by atoms with Gasteiger partial charge in [-0.2, -0.15) is 4.68 Å². The molecule has 0 aliphatic rings. The van der Waals surface area contributed by atoms with Gasteiger partial charge in [-0.1, -0.05) is 24.8 Å². The van der Waals surface area contributed by atoms with Gasteiger partial charge in [-0.15, -0.1) is 5.10 Å². The number of rotatable bonds is 7. The van der Waals surface area contributed by atoms with Gasteiger partial charge in [0.05, 0.1) is 17.7 Å². The van der Waals surface area contributed by atoms with Crippen LogP contribution in [-0.2, 0) is 9.59 Å². The van der Waals surface area contributed by atoms with Gasteiger partial charge in [0.2, 0.25) is 17.0 Å². The van der Waals surface area contributed by atoms with Crippen LogP contribution in [0.3, 0.4) is 0 Å². The van der Waals surface area contributed by atoms with E-state index in [2.05, 4.69) is 31.7 Å². The quantitative estimate of drug-likeness (QED) is 0.385. The number of nitrogens with one attached hydrogen (secondary N) is 3. The maximum atomic E-state index is 12.0. The van der Waals surface area contributed by atoms with Crippen molar-refractivity contribution in [2.75, 3.05) is 11.1 Å². The highest BCUT2D eigenvalue weighted by atomic mass is 32.2. The Kier molecular flexibility index (Phi) is 6.58. The molecule has 0 aliphatic heterocycles. The summed E-state index contributed by atoms with van der Waals surface area (Å²) >= 11 is 1.08. The van der Waals surface area contributed by atoms with Crippen LogP contribution < -0.4 is 16.2 Å². The van der Waals surface area contributed by atoms with Gasteiger partial charge in [-0.25, -0.2) is 0 Å². The number of nitrogens with zero attached hydrogens (tertiary/aromatic N) is 4. The molecule has 0 bridgehead atoms. The topological polar surface area (TPSA) is 144 Å². The molecule has 2 aromatic heterocycles. The van der Waals surface area contributed by atoms with Crippen LogP contribution in [0.1, 0.15) is 23.9 Å². The van der Waals surface area contributed by atoms with Crippen molar-refractivity contribution in [2.24, 2.45) is 0 Å². The van der Waals surface area contributed by atoms with Crippen molar-refractivity contribution in [1.29, 1.82) is 0 Å². The fourth-order valence-corrected chi connectivity index (χ4v) is 2.85. The highest BCUT2D eigenvalue weighted by Crippen LogP contribution is 2.20. The van der Waals surface area contributed by atoms with Gasteiger partial charge in [-0.3, -0.25) is 25.2 Å². The van der Waals surface area contributed by atoms with E-state index in [9.17, 15) is 14.4 Å². The lowest BCUT2D eigenvalue weighted by Crippen LogP contribution is -2.42. The molecule has 0 spiro atoms. The van der Waals surface area contributed by atoms with Gasteiger partial charge in [0, 0.05) is 12.1 Å². The number of furan rings is 1. The lowest BCUT2D eigenvalue weighted by Gasteiger charge is -2.08. The smallest absolute Gasteiger partial charge is 0.305 e. The average Bonchev–Trinajstić information content (AvgIpc) is 3.42. The van der Waals surface area contributed by atoms with Crippen molar-refractivity contribution in [3.8, 4) is 5.69 Å². The zero-order valence-corrected chi connectivity index (χ0v) is 16.1. The molecule has 0 atom stereocenters. The summed E-state index contributed by atoms with van der Waals surface area (Å²) in [5, 5.41) is 14.6. The first-order valence-corrected chi connectivity index (χ1v) is 9.49. The SMILES string of the molecule is CCC(=O)Nc1cccc(-n2nnnc2SCC(=O)NNC(=O)c2ccco2)c1. The largest absolute Gasteiger partial charge is 0.459 e. The Morgan fingerprint density at radius 3 is 2.76 bits per heavy atom. The highest BCUT2D eigenvalue weighted by molar-refractivity contribution is 7.99. The number of amides is 3. The molecule has 11 nitrogen and oxygen atoms in total. The molecule has 3 aromatic rings. The minimum absolute atomic E-state index is 0.0366. The standard InChI is InChI=1S/C17H17N7O4S/c1-2-14(25)18-11-5-3-6-12(9-11)24-17(21-22-23-24)29-10-15(26)19-20-16(27)13-7-4-8-28-13/h3-9H,2,10H2,1H3,(H,18,25)(H,19,26)(H,20,27). The second-order valence-electron chi connectivity index (χ2n) is 5.59. The first kappa shape index (κ1) is 20.1. The van der Waals surface area contributed by atoms with Crippen LogP contribution in [-0.4, -0.2) is 43.7 Å². The van der Waals surface area contributed by atoms with E-state index < -0.39 is 11.8 Å². The van der Waals surface area contributed by atoms with Gasteiger partial charge in [0.25, 0.3) is 0 Å². The molecule has 0 fully saturated rings. The van der Waals surface area contributed by atoms with Crippen LogP contribution in [0.5, 0.6) is 0 Å². The van der Waals surface area contributed by atoms with Crippen molar-refractivity contribution in [3.05, 3.63) is 48.4 Å². The Balaban J connectivity index is 1.58. The molecule has 3 N–H and O–H groups in total. The minimum atomic E-state index is -0.566. The van der Waals surface area contributed by atoms with Gasteiger partial charge in [-0.05, 0) is 40.8 Å². The van der Waals surface area contributed by atoms with Gasteiger partial charge < -0.3 is 9.73 Å². The third kappa shape index (κ3) is 5.42. The summed E-state index contributed by atoms with van der Waals surface area (Å²) in [6.07, 6.45) is 1.72. The Bertz CT molecular complexity index is 1000. The van der Waals surface area contributed by atoms with E-state index in [1.807, 2.05) is 0 Å². The van der Waals surface area contributed by atoms with Crippen LogP contribution in [0.2, 0.25) is 0 Å². The second kappa shape index (κ2) is 9.50. The number of carbonyl (C=O) groups excluding carboxylic acids is 3. The van der Waals surface area contributed by atoms with Gasteiger partial charge >= 0.3 is 5.91 Å². The first-order chi connectivity index (χ1) is 14.1. The summed E-state index contributed by atoms with van der Waals surface area (Å²) in [5.41, 5.74) is 5.77. The van der Waals surface area contributed by atoms with Crippen LogP contribution in [0.25, 0.3) is 5.69 Å². The normalized spacial score (nSPS) is 10.4. The number of hydrogen-bond acceptors (Lipinski definition) is 8. The summed E-state index contributed by atoms with van der Waals surface area (Å²) in [5.74, 6) is -1.08. The number of anilines is 1. The molecule has 150 valence electrons. The van der Waals surface area contributed by atoms with E-state index >= 15 is 0 Å². The van der Waals surface area contributed by atoms with Crippen molar-refractivity contribution in [1.82, 2.24) is 31.1 Å². The molecule has 12 heteroatoms. The number of aromatic nitrogens is 4. The zero-order chi connectivity index (χ0) is 20.6. The fraction of sp³-hybridized carbons (Fsp3) is 0.176. The molecular weight excluding hydrogens is 398 g/mol. The number of carbonyl (C=O) groups is 3. The van der Waals surface area contributed by atoms with E-state index in [1.165, 1.54) is 17.0 Å². The molecule has 3 amide bonds. The predicted octanol–water partition coefficient (Wildman–Crippen LogP) is 1.16. The Morgan fingerprint density at radius 1 is 1.14 bits per heavy atom. The number of tetrazole rings is 1. The third-order valence-corrected chi connectivity index (χ3v) is 4.45. The maximum Gasteiger partial charge on any atom is 0.305 e. The number of thioether (sulfide) groups is 1. The van der Waals surface area contributed by atoms with E-state index in [4.69, 9.17) is 4.42 Å². The zero-order valence-electron chi connectivity index (χ0n) is 15.3. The average molecular weight is 415 g/mol. The number of hydrazine groups is 1. The lowest BCUT2D eigenvalue weighted by atomic mass is 10.2. The van der Waals surface area contributed by atoms with Crippen molar-refractivity contribution in [3.63, 3.8) is 0 Å². The summed E-state index contributed by atoms with van der Waals surface area (Å²) in [6, 6.07) is 10.0. The molecule has 1 aromatic carbocycles. The monoisotopic (exact) mass is 415 g/mol. The summed E-state index contributed by atoms with van der Waals surface area (Å²) in [4.78, 5) is 35.3. The minimum Gasteiger partial charge on any atom is -0.459 e. The fourth-order valence-electron chi connectivity index (χ4n) is 2.16. The Labute approximate surface area is 169 Å². The molecule has 0 saturated carbocycles.